The van der Waals surface area contributed by atoms with Crippen LogP contribution < -0.4 is 15.2 Å². The quantitative estimate of drug-likeness (QED) is 0.909. The van der Waals surface area contributed by atoms with Crippen molar-refractivity contribution in [1.29, 1.82) is 0 Å². The van der Waals surface area contributed by atoms with E-state index < -0.39 is 0 Å². The van der Waals surface area contributed by atoms with E-state index in [9.17, 15) is 0 Å². The van der Waals surface area contributed by atoms with Crippen molar-refractivity contribution in [2.24, 2.45) is 5.73 Å². The van der Waals surface area contributed by atoms with E-state index in [-0.39, 0.29) is 5.54 Å². The van der Waals surface area contributed by atoms with Gasteiger partial charge in [-0.2, -0.15) is 0 Å². The average Bonchev–Trinajstić information content (AvgIpc) is 3.21. The number of ether oxygens (including phenoxy) is 2. The van der Waals surface area contributed by atoms with Crippen LogP contribution in [0.25, 0.3) is 0 Å². The molecule has 0 radical (unpaired) electrons. The number of hydrogen-bond acceptors (Lipinski definition) is 3. The first-order chi connectivity index (χ1) is 8.59. The van der Waals surface area contributed by atoms with Crippen molar-refractivity contribution >= 4 is 15.9 Å². The molecule has 0 atom stereocenters. The molecule has 1 aromatic carbocycles. The Morgan fingerprint density at radius 3 is 2.67 bits per heavy atom. The lowest BCUT2D eigenvalue weighted by Crippen LogP contribution is -2.24. The molecular weight excluding hydrogens is 294 g/mol. The first-order valence-corrected chi connectivity index (χ1v) is 7.21. The highest BCUT2D eigenvalue weighted by atomic mass is 79.9. The monoisotopic (exact) mass is 311 g/mol. The molecule has 3 nitrogen and oxygen atoms in total. The fourth-order valence-corrected chi connectivity index (χ4v) is 2.67. The summed E-state index contributed by atoms with van der Waals surface area (Å²) in [7, 11) is 1.68. The van der Waals surface area contributed by atoms with Gasteiger partial charge in [-0.25, -0.2) is 0 Å². The predicted molar refractivity (Wildman–Crippen MR) is 74.2 cm³/mol. The van der Waals surface area contributed by atoms with Gasteiger partial charge in [-0.3, -0.25) is 0 Å². The number of halogens is 1. The molecule has 0 spiro atoms. The van der Waals surface area contributed by atoms with Crippen LogP contribution in [-0.2, 0) is 6.42 Å². The second-order valence-electron chi connectivity index (χ2n) is 5.47. The Bertz CT molecular complexity index is 467. The van der Waals surface area contributed by atoms with Gasteiger partial charge >= 0.3 is 0 Å². The van der Waals surface area contributed by atoms with E-state index in [0.29, 0.717) is 6.10 Å². The van der Waals surface area contributed by atoms with Crippen molar-refractivity contribution in [3.63, 3.8) is 0 Å². The lowest BCUT2D eigenvalue weighted by Gasteiger charge is -2.15. The van der Waals surface area contributed by atoms with Gasteiger partial charge in [-0.1, -0.05) is 0 Å². The van der Waals surface area contributed by atoms with E-state index in [1.54, 1.807) is 7.11 Å². The van der Waals surface area contributed by atoms with E-state index in [1.807, 2.05) is 0 Å². The fraction of sp³-hybridized carbons (Fsp3) is 0.571. The summed E-state index contributed by atoms with van der Waals surface area (Å²) in [4.78, 5) is 0. The molecule has 0 aliphatic heterocycles. The number of methoxy groups -OCH3 is 1. The van der Waals surface area contributed by atoms with Crippen LogP contribution in [0.15, 0.2) is 16.6 Å². The highest BCUT2D eigenvalue weighted by Gasteiger charge is 2.38. The molecule has 0 unspecified atom stereocenters. The minimum atomic E-state index is 0.0172. The Balaban J connectivity index is 1.85. The van der Waals surface area contributed by atoms with Gasteiger partial charge < -0.3 is 15.2 Å². The summed E-state index contributed by atoms with van der Waals surface area (Å²) >= 11 is 3.58. The maximum absolute atomic E-state index is 6.16. The Labute approximate surface area is 116 Å². The molecular formula is C14H18BrNO2. The molecule has 4 heteroatoms. The lowest BCUT2D eigenvalue weighted by molar-refractivity contribution is 0.280. The van der Waals surface area contributed by atoms with Gasteiger partial charge in [-0.05, 0) is 65.7 Å². The van der Waals surface area contributed by atoms with Crippen molar-refractivity contribution in [3.05, 3.63) is 22.2 Å². The summed E-state index contributed by atoms with van der Waals surface area (Å²) in [5.74, 6) is 1.63. The first-order valence-electron chi connectivity index (χ1n) is 6.42. The van der Waals surface area contributed by atoms with Gasteiger partial charge in [0.15, 0.2) is 11.5 Å². The zero-order valence-electron chi connectivity index (χ0n) is 10.5. The van der Waals surface area contributed by atoms with Crippen LogP contribution in [0, 0.1) is 0 Å². The second-order valence-corrected chi connectivity index (χ2v) is 6.32. The molecule has 0 heterocycles. The van der Waals surface area contributed by atoms with E-state index >= 15 is 0 Å². The molecule has 2 aliphatic rings. The van der Waals surface area contributed by atoms with Crippen LogP contribution in [0.4, 0.5) is 0 Å². The number of nitrogens with two attached hydrogens (primary N) is 1. The third-order valence-corrected chi connectivity index (χ3v) is 4.14. The molecule has 3 rings (SSSR count). The van der Waals surface area contributed by atoms with E-state index in [2.05, 4.69) is 28.1 Å². The summed E-state index contributed by atoms with van der Waals surface area (Å²) in [6, 6.07) is 4.16. The van der Waals surface area contributed by atoms with Gasteiger partial charge in [0, 0.05) is 5.54 Å². The molecule has 2 saturated carbocycles. The van der Waals surface area contributed by atoms with Gasteiger partial charge in [0.25, 0.3) is 0 Å². The predicted octanol–water partition coefficient (Wildman–Crippen LogP) is 3.03. The van der Waals surface area contributed by atoms with Crippen molar-refractivity contribution in [1.82, 2.24) is 0 Å². The third-order valence-electron chi connectivity index (χ3n) is 3.55. The molecule has 0 saturated heterocycles. The standard InChI is InChI=1S/C14H18BrNO2/c1-17-12-7-9(8-14(16)4-5-14)6-11(15)13(12)18-10-2-3-10/h6-7,10H,2-5,8,16H2,1H3. The van der Waals surface area contributed by atoms with Gasteiger partial charge in [0.2, 0.25) is 0 Å². The average molecular weight is 312 g/mol. The highest BCUT2D eigenvalue weighted by molar-refractivity contribution is 9.10. The number of benzene rings is 1. The normalized spacial score (nSPS) is 20.6. The molecule has 2 fully saturated rings. The van der Waals surface area contributed by atoms with Crippen LogP contribution >= 0.6 is 15.9 Å². The fourth-order valence-electron chi connectivity index (χ4n) is 2.09. The maximum atomic E-state index is 6.16. The minimum Gasteiger partial charge on any atom is -0.493 e. The lowest BCUT2D eigenvalue weighted by atomic mass is 10.0. The molecule has 0 amide bonds. The second kappa shape index (κ2) is 4.42. The van der Waals surface area contributed by atoms with Crippen molar-refractivity contribution < 1.29 is 9.47 Å². The van der Waals surface area contributed by atoms with Crippen molar-refractivity contribution in [3.8, 4) is 11.5 Å². The van der Waals surface area contributed by atoms with Crippen LogP contribution in [0.5, 0.6) is 11.5 Å². The summed E-state index contributed by atoms with van der Waals surface area (Å²) < 4.78 is 12.3. The summed E-state index contributed by atoms with van der Waals surface area (Å²) in [5.41, 5.74) is 7.39. The third kappa shape index (κ3) is 2.64. The van der Waals surface area contributed by atoms with E-state index in [1.165, 1.54) is 5.56 Å². The molecule has 18 heavy (non-hydrogen) atoms. The van der Waals surface area contributed by atoms with Crippen molar-refractivity contribution in [2.45, 2.75) is 43.7 Å². The van der Waals surface area contributed by atoms with Crippen LogP contribution in [0.3, 0.4) is 0 Å². The van der Waals surface area contributed by atoms with Crippen LogP contribution in [0.2, 0.25) is 0 Å². The first kappa shape index (κ1) is 12.3. The Hall–Kier alpha value is -0.740. The molecule has 98 valence electrons. The maximum Gasteiger partial charge on any atom is 0.175 e. The Kier molecular flexibility index (Phi) is 3.02. The minimum absolute atomic E-state index is 0.0172. The topological polar surface area (TPSA) is 44.5 Å². The van der Waals surface area contributed by atoms with E-state index in [4.69, 9.17) is 15.2 Å². The SMILES string of the molecule is COc1cc(CC2(N)CC2)cc(Br)c1OC1CC1. The molecule has 1 aromatic rings. The molecule has 2 N–H and O–H groups in total. The van der Waals surface area contributed by atoms with Crippen LogP contribution in [-0.4, -0.2) is 18.8 Å². The molecule has 2 aliphatic carbocycles. The van der Waals surface area contributed by atoms with Gasteiger partial charge in [-0.15, -0.1) is 0 Å². The number of hydrogen-bond donors (Lipinski definition) is 1. The molecule has 0 aromatic heterocycles. The number of rotatable bonds is 5. The smallest absolute Gasteiger partial charge is 0.175 e. The highest BCUT2D eigenvalue weighted by Crippen LogP contribution is 2.42. The molecule has 0 bridgehead atoms. The largest absolute Gasteiger partial charge is 0.493 e. The van der Waals surface area contributed by atoms with Crippen LogP contribution in [0.1, 0.15) is 31.2 Å². The zero-order chi connectivity index (χ0) is 12.8. The summed E-state index contributed by atoms with van der Waals surface area (Å²) in [5, 5.41) is 0. The van der Waals surface area contributed by atoms with Gasteiger partial charge in [0.1, 0.15) is 0 Å². The van der Waals surface area contributed by atoms with E-state index in [0.717, 1.165) is 48.1 Å². The zero-order valence-corrected chi connectivity index (χ0v) is 12.1. The summed E-state index contributed by atoms with van der Waals surface area (Å²) in [6.07, 6.45) is 5.80. The van der Waals surface area contributed by atoms with Gasteiger partial charge in [0.05, 0.1) is 17.7 Å². The van der Waals surface area contributed by atoms with Crippen molar-refractivity contribution in [2.75, 3.05) is 7.11 Å². The summed E-state index contributed by atoms with van der Waals surface area (Å²) in [6.45, 7) is 0. The Morgan fingerprint density at radius 2 is 2.11 bits per heavy atom. The Morgan fingerprint density at radius 1 is 1.39 bits per heavy atom.